The summed E-state index contributed by atoms with van der Waals surface area (Å²) in [4.78, 5) is 2.70. The van der Waals surface area contributed by atoms with Crippen molar-refractivity contribution in [3.05, 3.63) is 0 Å². The van der Waals surface area contributed by atoms with E-state index in [-0.39, 0.29) is 0 Å². The van der Waals surface area contributed by atoms with Crippen LogP contribution in [0.4, 0.5) is 0 Å². The molecular weight excluding hydrogens is 292 g/mol. The number of rotatable bonds is 10. The molecule has 0 spiro atoms. The third kappa shape index (κ3) is 10.7. The molecular formula is C22H46N2. The molecule has 0 bridgehead atoms. The largest absolute Gasteiger partial charge is 0.317 e. The lowest BCUT2D eigenvalue weighted by molar-refractivity contribution is 0.111. The molecule has 0 radical (unpaired) electrons. The van der Waals surface area contributed by atoms with E-state index in [1.807, 2.05) is 0 Å². The zero-order chi connectivity index (χ0) is 18.1. The predicted octanol–water partition coefficient (Wildman–Crippen LogP) is 5.72. The SMILES string of the molecule is CC(C)(C)CCNCCCCCCCN1CCC(C(C)(C)C)CC1. The molecule has 1 aliphatic heterocycles. The van der Waals surface area contributed by atoms with E-state index < -0.39 is 0 Å². The molecule has 1 fully saturated rings. The molecule has 2 nitrogen and oxygen atoms in total. The smallest absolute Gasteiger partial charge is 0.00159 e. The minimum absolute atomic E-state index is 0.467. The average molecular weight is 339 g/mol. The summed E-state index contributed by atoms with van der Waals surface area (Å²) in [6.07, 6.45) is 11.1. The number of likely N-dealkylation sites (tertiary alicyclic amines) is 1. The highest BCUT2D eigenvalue weighted by atomic mass is 15.1. The zero-order valence-electron chi connectivity index (χ0n) is 17.7. The van der Waals surface area contributed by atoms with Crippen LogP contribution in [0.3, 0.4) is 0 Å². The average Bonchev–Trinajstić information content (AvgIpc) is 2.47. The van der Waals surface area contributed by atoms with Gasteiger partial charge in [0.2, 0.25) is 0 Å². The van der Waals surface area contributed by atoms with Gasteiger partial charge in [0.25, 0.3) is 0 Å². The summed E-state index contributed by atoms with van der Waals surface area (Å²) in [6, 6.07) is 0. The van der Waals surface area contributed by atoms with Crippen molar-refractivity contribution in [2.24, 2.45) is 16.7 Å². The van der Waals surface area contributed by atoms with E-state index in [2.05, 4.69) is 51.8 Å². The summed E-state index contributed by atoms with van der Waals surface area (Å²) in [5, 5.41) is 3.59. The van der Waals surface area contributed by atoms with Gasteiger partial charge in [0, 0.05) is 0 Å². The van der Waals surface area contributed by atoms with Crippen molar-refractivity contribution in [3.8, 4) is 0 Å². The molecule has 144 valence electrons. The molecule has 2 heteroatoms. The Morgan fingerprint density at radius 3 is 1.96 bits per heavy atom. The first kappa shape index (κ1) is 22.0. The Balaban J connectivity index is 1.88. The van der Waals surface area contributed by atoms with Gasteiger partial charge < -0.3 is 10.2 Å². The topological polar surface area (TPSA) is 15.3 Å². The van der Waals surface area contributed by atoms with E-state index in [1.165, 1.54) is 84.1 Å². The maximum Gasteiger partial charge on any atom is -0.00159 e. The van der Waals surface area contributed by atoms with Crippen molar-refractivity contribution in [3.63, 3.8) is 0 Å². The number of unbranched alkanes of at least 4 members (excludes halogenated alkanes) is 4. The van der Waals surface area contributed by atoms with E-state index in [1.54, 1.807) is 0 Å². The first-order valence-corrected chi connectivity index (χ1v) is 10.6. The highest BCUT2D eigenvalue weighted by Gasteiger charge is 2.28. The van der Waals surface area contributed by atoms with Crippen LogP contribution in [0, 0.1) is 16.7 Å². The van der Waals surface area contributed by atoms with E-state index >= 15 is 0 Å². The van der Waals surface area contributed by atoms with Gasteiger partial charge in [0.05, 0.1) is 0 Å². The van der Waals surface area contributed by atoms with Crippen LogP contribution in [0.1, 0.15) is 92.9 Å². The minimum atomic E-state index is 0.467. The highest BCUT2D eigenvalue weighted by molar-refractivity contribution is 4.80. The summed E-state index contributed by atoms with van der Waals surface area (Å²) in [5.41, 5.74) is 0.974. The van der Waals surface area contributed by atoms with Crippen LogP contribution in [0.15, 0.2) is 0 Å². The molecule has 1 saturated heterocycles. The molecule has 0 aromatic heterocycles. The third-order valence-electron chi connectivity index (χ3n) is 5.69. The third-order valence-corrected chi connectivity index (χ3v) is 5.69. The maximum absolute atomic E-state index is 3.59. The van der Waals surface area contributed by atoms with Crippen LogP contribution in [0.25, 0.3) is 0 Å². The molecule has 0 atom stereocenters. The molecule has 1 N–H and O–H groups in total. The molecule has 1 heterocycles. The fourth-order valence-electron chi connectivity index (χ4n) is 3.73. The van der Waals surface area contributed by atoms with Crippen LogP contribution in [0.2, 0.25) is 0 Å². The van der Waals surface area contributed by atoms with E-state index in [0.29, 0.717) is 10.8 Å². The van der Waals surface area contributed by atoms with Crippen molar-refractivity contribution < 1.29 is 0 Å². The summed E-state index contributed by atoms with van der Waals surface area (Å²) in [5.74, 6) is 0.930. The summed E-state index contributed by atoms with van der Waals surface area (Å²) >= 11 is 0. The predicted molar refractivity (Wildman–Crippen MR) is 109 cm³/mol. The Kier molecular flexibility index (Phi) is 9.89. The summed E-state index contributed by atoms with van der Waals surface area (Å²) in [7, 11) is 0. The van der Waals surface area contributed by atoms with Crippen molar-refractivity contribution in [1.29, 1.82) is 0 Å². The molecule has 0 aromatic carbocycles. The van der Waals surface area contributed by atoms with Gasteiger partial charge in [-0.3, -0.25) is 0 Å². The Bertz CT molecular complexity index is 303. The molecule has 0 amide bonds. The Hall–Kier alpha value is -0.0800. The number of hydrogen-bond donors (Lipinski definition) is 1. The quantitative estimate of drug-likeness (QED) is 0.512. The fraction of sp³-hybridized carbons (Fsp3) is 1.00. The minimum Gasteiger partial charge on any atom is -0.317 e. The van der Waals surface area contributed by atoms with Gasteiger partial charge in [-0.1, -0.05) is 60.8 Å². The van der Waals surface area contributed by atoms with Gasteiger partial charge in [-0.05, 0) is 81.6 Å². The first-order chi connectivity index (χ1) is 11.2. The van der Waals surface area contributed by atoms with E-state index in [0.717, 1.165) is 5.92 Å². The second-order valence-electron chi connectivity index (χ2n) is 10.3. The van der Waals surface area contributed by atoms with E-state index in [4.69, 9.17) is 0 Å². The second kappa shape index (κ2) is 10.8. The van der Waals surface area contributed by atoms with Gasteiger partial charge >= 0.3 is 0 Å². The monoisotopic (exact) mass is 338 g/mol. The lowest BCUT2D eigenvalue weighted by atomic mass is 9.75. The van der Waals surface area contributed by atoms with Crippen LogP contribution >= 0.6 is 0 Å². The highest BCUT2D eigenvalue weighted by Crippen LogP contribution is 2.34. The molecule has 0 aromatic rings. The van der Waals surface area contributed by atoms with E-state index in [9.17, 15) is 0 Å². The second-order valence-corrected chi connectivity index (χ2v) is 10.3. The molecule has 0 unspecified atom stereocenters. The fourth-order valence-corrected chi connectivity index (χ4v) is 3.73. The van der Waals surface area contributed by atoms with Crippen LogP contribution in [-0.4, -0.2) is 37.6 Å². The summed E-state index contributed by atoms with van der Waals surface area (Å²) < 4.78 is 0. The maximum atomic E-state index is 3.59. The molecule has 1 rings (SSSR count). The van der Waals surface area contributed by atoms with Crippen molar-refractivity contribution >= 4 is 0 Å². The normalized spacial score (nSPS) is 18.2. The zero-order valence-corrected chi connectivity index (χ0v) is 17.7. The van der Waals surface area contributed by atoms with Gasteiger partial charge in [-0.2, -0.15) is 0 Å². The van der Waals surface area contributed by atoms with Gasteiger partial charge in [-0.15, -0.1) is 0 Å². The lowest BCUT2D eigenvalue weighted by Gasteiger charge is -2.38. The van der Waals surface area contributed by atoms with Crippen molar-refractivity contribution in [2.45, 2.75) is 92.9 Å². The number of nitrogens with one attached hydrogen (secondary N) is 1. The Labute approximate surface area is 153 Å². The Morgan fingerprint density at radius 1 is 0.792 bits per heavy atom. The number of hydrogen-bond acceptors (Lipinski definition) is 2. The lowest BCUT2D eigenvalue weighted by Crippen LogP contribution is -2.38. The molecule has 24 heavy (non-hydrogen) atoms. The number of nitrogens with zero attached hydrogens (tertiary/aromatic N) is 1. The summed E-state index contributed by atoms with van der Waals surface area (Å²) in [6.45, 7) is 20.6. The standard InChI is InChI=1S/C22H46N2/c1-21(2,3)14-16-23-15-10-8-7-9-11-17-24-18-12-20(13-19-24)22(4,5)6/h20,23H,7-19H2,1-6H3. The number of piperidine rings is 1. The first-order valence-electron chi connectivity index (χ1n) is 10.6. The van der Waals surface area contributed by atoms with Gasteiger partial charge in [0.1, 0.15) is 0 Å². The Morgan fingerprint density at radius 2 is 1.38 bits per heavy atom. The van der Waals surface area contributed by atoms with Crippen LogP contribution < -0.4 is 5.32 Å². The molecule has 0 aliphatic carbocycles. The van der Waals surface area contributed by atoms with Crippen molar-refractivity contribution in [2.75, 3.05) is 32.7 Å². The van der Waals surface area contributed by atoms with Gasteiger partial charge in [0.15, 0.2) is 0 Å². The van der Waals surface area contributed by atoms with Crippen LogP contribution in [-0.2, 0) is 0 Å². The molecule has 1 aliphatic rings. The van der Waals surface area contributed by atoms with Crippen molar-refractivity contribution in [1.82, 2.24) is 10.2 Å². The molecule has 0 saturated carbocycles. The van der Waals surface area contributed by atoms with Gasteiger partial charge in [-0.25, -0.2) is 0 Å². The van der Waals surface area contributed by atoms with Crippen LogP contribution in [0.5, 0.6) is 0 Å².